The van der Waals surface area contributed by atoms with Crippen LogP contribution in [0.25, 0.3) is 6.08 Å². The van der Waals surface area contributed by atoms with E-state index in [0.29, 0.717) is 32.3 Å². The lowest BCUT2D eigenvalue weighted by atomic mass is 10.1. The van der Waals surface area contributed by atoms with E-state index >= 15 is 0 Å². The van der Waals surface area contributed by atoms with Gasteiger partial charge in [0, 0.05) is 5.02 Å². The molecule has 0 radical (unpaired) electrons. The Morgan fingerprint density at radius 3 is 2.78 bits per heavy atom. The van der Waals surface area contributed by atoms with Crippen molar-refractivity contribution in [2.75, 3.05) is 6.61 Å². The Bertz CT molecular complexity index is 947. The highest BCUT2D eigenvalue weighted by Crippen LogP contribution is 2.38. The Morgan fingerprint density at radius 1 is 1.30 bits per heavy atom. The number of carbonyl (C=O) groups excluding carboxylic acids is 2. The Morgan fingerprint density at radius 2 is 2.07 bits per heavy atom. The number of hydrogen-bond donors (Lipinski definition) is 1. The molecule has 2 aromatic rings. The number of benzene rings is 2. The third-order valence-electron chi connectivity index (χ3n) is 3.75. The lowest BCUT2D eigenvalue weighted by molar-refractivity contribution is -0.123. The Kier molecular flexibility index (Phi) is 6.14. The Labute approximate surface area is 174 Å². The maximum atomic E-state index is 12.7. The highest BCUT2D eigenvalue weighted by atomic mass is 79.9. The van der Waals surface area contributed by atoms with E-state index in [1.54, 1.807) is 43.3 Å². The van der Waals surface area contributed by atoms with Gasteiger partial charge < -0.3 is 9.84 Å². The first-order valence-corrected chi connectivity index (χ1v) is 10.0. The number of carbonyl (C=O) groups is 2. The molecule has 5 nitrogen and oxygen atoms in total. The SMILES string of the molecule is CCOc1cc(/C=C2\SC(=O)N(Cc3cccc(Cl)c3)C2=O)cc(Br)c1O. The molecular formula is C19H15BrClNO4S. The minimum Gasteiger partial charge on any atom is -0.503 e. The quantitative estimate of drug-likeness (QED) is 0.592. The number of phenols is 1. The number of rotatable bonds is 5. The number of aromatic hydroxyl groups is 1. The fourth-order valence-electron chi connectivity index (χ4n) is 2.55. The van der Waals surface area contributed by atoms with E-state index in [4.69, 9.17) is 16.3 Å². The molecule has 0 aromatic heterocycles. The number of halogens is 2. The monoisotopic (exact) mass is 467 g/mol. The van der Waals surface area contributed by atoms with Crippen molar-refractivity contribution in [2.45, 2.75) is 13.5 Å². The van der Waals surface area contributed by atoms with Gasteiger partial charge in [0.05, 0.1) is 22.5 Å². The summed E-state index contributed by atoms with van der Waals surface area (Å²) in [4.78, 5) is 26.4. The van der Waals surface area contributed by atoms with Crippen LogP contribution in [0.3, 0.4) is 0 Å². The van der Waals surface area contributed by atoms with Gasteiger partial charge in [-0.2, -0.15) is 0 Å². The largest absolute Gasteiger partial charge is 0.503 e. The number of ether oxygens (including phenoxy) is 1. The lowest BCUT2D eigenvalue weighted by Crippen LogP contribution is -2.27. The smallest absolute Gasteiger partial charge is 0.293 e. The average molecular weight is 469 g/mol. The van der Waals surface area contributed by atoms with Gasteiger partial charge in [-0.1, -0.05) is 23.7 Å². The molecule has 1 saturated heterocycles. The van der Waals surface area contributed by atoms with E-state index < -0.39 is 0 Å². The van der Waals surface area contributed by atoms with Crippen LogP contribution in [0.5, 0.6) is 11.5 Å². The van der Waals surface area contributed by atoms with Crippen molar-refractivity contribution in [3.63, 3.8) is 0 Å². The summed E-state index contributed by atoms with van der Waals surface area (Å²) in [6.45, 7) is 2.35. The summed E-state index contributed by atoms with van der Waals surface area (Å²) in [6, 6.07) is 10.3. The summed E-state index contributed by atoms with van der Waals surface area (Å²) in [5, 5.41) is 10.2. The summed E-state index contributed by atoms with van der Waals surface area (Å²) >= 11 is 10.1. The number of amides is 2. The van der Waals surface area contributed by atoms with Gasteiger partial charge in [-0.3, -0.25) is 14.5 Å². The van der Waals surface area contributed by atoms with E-state index in [1.165, 1.54) is 4.90 Å². The first kappa shape index (κ1) is 19.8. The summed E-state index contributed by atoms with van der Waals surface area (Å²) in [6.07, 6.45) is 1.61. The predicted octanol–water partition coefficient (Wildman–Crippen LogP) is 5.44. The third-order valence-corrected chi connectivity index (χ3v) is 5.50. The van der Waals surface area contributed by atoms with Gasteiger partial charge >= 0.3 is 0 Å². The van der Waals surface area contributed by atoms with E-state index in [9.17, 15) is 14.7 Å². The van der Waals surface area contributed by atoms with Gasteiger partial charge in [0.15, 0.2) is 11.5 Å². The fraction of sp³-hybridized carbons (Fsp3) is 0.158. The zero-order chi connectivity index (χ0) is 19.6. The molecule has 0 unspecified atom stereocenters. The standard InChI is InChI=1S/C19H15BrClNO4S/c1-2-26-15-8-12(7-14(20)17(15)23)9-16-18(24)22(19(25)27-16)10-11-4-3-5-13(21)6-11/h3-9,23H,2,10H2,1H3/b16-9-. The maximum Gasteiger partial charge on any atom is 0.293 e. The van der Waals surface area contributed by atoms with Gasteiger partial charge in [-0.15, -0.1) is 0 Å². The first-order chi connectivity index (χ1) is 12.9. The van der Waals surface area contributed by atoms with Crippen LogP contribution in [0.1, 0.15) is 18.1 Å². The lowest BCUT2D eigenvalue weighted by Gasteiger charge is -2.12. The summed E-state index contributed by atoms with van der Waals surface area (Å²) in [7, 11) is 0. The van der Waals surface area contributed by atoms with Crippen molar-refractivity contribution in [1.82, 2.24) is 4.90 Å². The van der Waals surface area contributed by atoms with Crippen LogP contribution in [0, 0.1) is 0 Å². The number of phenolic OH excluding ortho intramolecular Hbond substituents is 1. The molecule has 0 aliphatic carbocycles. The summed E-state index contributed by atoms with van der Waals surface area (Å²) in [5.41, 5.74) is 1.41. The molecule has 0 atom stereocenters. The van der Waals surface area contributed by atoms with E-state index in [-0.39, 0.29) is 23.4 Å². The van der Waals surface area contributed by atoms with Crippen molar-refractivity contribution >= 4 is 56.5 Å². The Balaban J connectivity index is 1.86. The highest BCUT2D eigenvalue weighted by Gasteiger charge is 2.35. The van der Waals surface area contributed by atoms with Crippen LogP contribution in [0.4, 0.5) is 4.79 Å². The highest BCUT2D eigenvalue weighted by molar-refractivity contribution is 9.10. The van der Waals surface area contributed by atoms with Gasteiger partial charge in [0.2, 0.25) is 0 Å². The van der Waals surface area contributed by atoms with Gasteiger partial charge in [-0.05, 0) is 76.1 Å². The van der Waals surface area contributed by atoms with Crippen LogP contribution >= 0.6 is 39.3 Å². The summed E-state index contributed by atoms with van der Waals surface area (Å²) in [5.74, 6) is -0.0773. The maximum absolute atomic E-state index is 12.7. The van der Waals surface area contributed by atoms with Crippen molar-refractivity contribution in [2.24, 2.45) is 0 Å². The molecule has 1 aliphatic heterocycles. The van der Waals surface area contributed by atoms with Gasteiger partial charge in [-0.25, -0.2) is 0 Å². The molecule has 0 bridgehead atoms. The van der Waals surface area contributed by atoms with E-state index in [2.05, 4.69) is 15.9 Å². The van der Waals surface area contributed by atoms with Gasteiger partial charge in [0.1, 0.15) is 0 Å². The van der Waals surface area contributed by atoms with Gasteiger partial charge in [0.25, 0.3) is 11.1 Å². The molecule has 1 heterocycles. The third kappa shape index (κ3) is 4.48. The number of imide groups is 1. The molecule has 2 aromatic carbocycles. The fourth-order valence-corrected chi connectivity index (χ4v) is 4.06. The second-order valence-corrected chi connectivity index (χ2v) is 7.96. The average Bonchev–Trinajstić information content (AvgIpc) is 2.87. The molecule has 0 saturated carbocycles. The van der Waals surface area contributed by atoms with Crippen molar-refractivity contribution in [1.29, 1.82) is 0 Å². The number of hydrogen-bond acceptors (Lipinski definition) is 5. The molecule has 0 spiro atoms. The minimum atomic E-state index is -0.368. The van der Waals surface area contributed by atoms with Crippen molar-refractivity contribution < 1.29 is 19.4 Å². The molecule has 1 N–H and O–H groups in total. The molecule has 140 valence electrons. The molecule has 3 rings (SSSR count). The minimum absolute atomic E-state index is 0.0111. The molecule has 27 heavy (non-hydrogen) atoms. The van der Waals surface area contributed by atoms with Crippen LogP contribution in [-0.2, 0) is 11.3 Å². The molecule has 8 heteroatoms. The van der Waals surface area contributed by atoms with Crippen LogP contribution < -0.4 is 4.74 Å². The molecule has 2 amide bonds. The second-order valence-electron chi connectivity index (χ2n) is 5.68. The van der Waals surface area contributed by atoms with E-state index in [1.807, 2.05) is 6.07 Å². The number of thioether (sulfide) groups is 1. The van der Waals surface area contributed by atoms with Crippen LogP contribution in [-0.4, -0.2) is 27.8 Å². The first-order valence-electron chi connectivity index (χ1n) is 8.04. The zero-order valence-corrected chi connectivity index (χ0v) is 17.4. The van der Waals surface area contributed by atoms with Crippen LogP contribution in [0.15, 0.2) is 45.8 Å². The van der Waals surface area contributed by atoms with Crippen molar-refractivity contribution in [3.05, 3.63) is 61.9 Å². The van der Waals surface area contributed by atoms with Crippen LogP contribution in [0.2, 0.25) is 5.02 Å². The molecule has 1 fully saturated rings. The molecule has 1 aliphatic rings. The predicted molar refractivity (Wildman–Crippen MR) is 110 cm³/mol. The topological polar surface area (TPSA) is 66.8 Å². The second kappa shape index (κ2) is 8.37. The van der Waals surface area contributed by atoms with E-state index in [0.717, 1.165) is 17.3 Å². The zero-order valence-electron chi connectivity index (χ0n) is 14.2. The Hall–Kier alpha value is -1.96. The number of nitrogens with zero attached hydrogens (tertiary/aromatic N) is 1. The summed E-state index contributed by atoms with van der Waals surface area (Å²) < 4.78 is 5.83. The van der Waals surface area contributed by atoms with Crippen molar-refractivity contribution in [3.8, 4) is 11.5 Å². The molecular weight excluding hydrogens is 454 g/mol. The normalized spacial score (nSPS) is 15.7.